The highest BCUT2D eigenvalue weighted by molar-refractivity contribution is 4.59. The van der Waals surface area contributed by atoms with E-state index in [9.17, 15) is 0 Å². The van der Waals surface area contributed by atoms with Crippen molar-refractivity contribution in [3.63, 3.8) is 0 Å². The van der Waals surface area contributed by atoms with Gasteiger partial charge in [-0.2, -0.15) is 5.10 Å². The summed E-state index contributed by atoms with van der Waals surface area (Å²) in [4.78, 5) is 3.61. The first-order valence-corrected chi connectivity index (χ1v) is 3.02. The molecule has 0 saturated heterocycles. The van der Waals surface area contributed by atoms with E-state index in [2.05, 4.69) is 35.8 Å². The second-order valence-corrected chi connectivity index (χ2v) is 1.50. The molecule has 0 spiro atoms. The summed E-state index contributed by atoms with van der Waals surface area (Å²) >= 11 is 0. The van der Waals surface area contributed by atoms with E-state index < -0.39 is 0 Å². The molecule has 0 N–H and O–H groups in total. The molecule has 0 aliphatic rings. The van der Waals surface area contributed by atoms with Crippen LogP contribution in [0.2, 0.25) is 0 Å². The molecule has 0 amide bonds. The lowest BCUT2D eigenvalue weighted by Gasteiger charge is -1.69. The molecule has 0 aromatic carbocycles. The Kier molecular flexibility index (Phi) is 3.83. The van der Waals surface area contributed by atoms with Crippen LogP contribution < -0.4 is 0 Å². The lowest BCUT2D eigenvalue weighted by atomic mass is 10.9. The minimum Gasteiger partial charge on any atom is -0.241 e. The fraction of sp³-hybridized carbons (Fsp3) is 0. The van der Waals surface area contributed by atoms with Crippen molar-refractivity contribution >= 4 is 0 Å². The third kappa shape index (κ3) is 3.88. The van der Waals surface area contributed by atoms with Gasteiger partial charge in [-0.25, -0.2) is 4.98 Å². The van der Waals surface area contributed by atoms with Crippen molar-refractivity contribution in [2.24, 2.45) is 0 Å². The molecule has 2 heterocycles. The lowest BCUT2D eigenvalue weighted by molar-refractivity contribution is 0.761. The first-order valence-electron chi connectivity index (χ1n) is 3.02. The maximum atomic E-state index is 3.61. The number of rotatable bonds is 0. The standard InChI is InChI=1S/C3H3N3.C2H2N4/c1-2-5-6-3-4-1;1-2-4-6-5-3-1/h1-3H;1-2H. The normalized spacial score (nSPS) is 8.00. The molecule has 0 fully saturated rings. The Labute approximate surface area is 67.9 Å². The van der Waals surface area contributed by atoms with Crippen LogP contribution in [0.25, 0.3) is 0 Å². The van der Waals surface area contributed by atoms with Crippen molar-refractivity contribution in [1.29, 1.82) is 0 Å². The summed E-state index contributed by atoms with van der Waals surface area (Å²) in [5.41, 5.74) is 0. The largest absolute Gasteiger partial charge is 0.241 e. The molecule has 0 atom stereocenters. The summed E-state index contributed by atoms with van der Waals surface area (Å²) in [5, 5.41) is 20.0. The van der Waals surface area contributed by atoms with Gasteiger partial charge in [-0.15, -0.1) is 15.3 Å². The third-order valence-corrected chi connectivity index (χ3v) is 0.748. The molecule has 2 aromatic rings. The molecular weight excluding hydrogens is 158 g/mol. The monoisotopic (exact) mass is 163 g/mol. The minimum absolute atomic E-state index is 1.39. The van der Waals surface area contributed by atoms with Crippen molar-refractivity contribution in [2.75, 3.05) is 0 Å². The van der Waals surface area contributed by atoms with Crippen LogP contribution in [0, 0.1) is 0 Å². The Hall–Kier alpha value is -2.05. The van der Waals surface area contributed by atoms with E-state index in [4.69, 9.17) is 0 Å². The highest BCUT2D eigenvalue weighted by Crippen LogP contribution is 1.59. The van der Waals surface area contributed by atoms with Crippen LogP contribution in [0.3, 0.4) is 0 Å². The topological polar surface area (TPSA) is 90.2 Å². The van der Waals surface area contributed by atoms with Crippen molar-refractivity contribution in [1.82, 2.24) is 35.8 Å². The molecule has 0 unspecified atom stereocenters. The van der Waals surface area contributed by atoms with E-state index in [1.54, 1.807) is 6.20 Å². The van der Waals surface area contributed by atoms with Gasteiger partial charge in [-0.3, -0.25) is 0 Å². The molecule has 0 aliphatic carbocycles. The van der Waals surface area contributed by atoms with Gasteiger partial charge in [0.2, 0.25) is 0 Å². The first-order chi connectivity index (χ1) is 6.00. The van der Waals surface area contributed by atoms with Crippen LogP contribution in [0.15, 0.2) is 31.1 Å². The molecule has 0 radical (unpaired) electrons. The first kappa shape index (κ1) is 8.05. The molecular formula is C5H5N7. The maximum Gasteiger partial charge on any atom is 0.138 e. The average molecular weight is 163 g/mol. The quantitative estimate of drug-likeness (QED) is 0.499. The predicted molar refractivity (Wildman–Crippen MR) is 37.4 cm³/mol. The van der Waals surface area contributed by atoms with Crippen LogP contribution in [0.1, 0.15) is 0 Å². The molecule has 2 aromatic heterocycles. The summed E-state index contributed by atoms with van der Waals surface area (Å²) in [6.07, 6.45) is 7.42. The average Bonchev–Trinajstić information content (AvgIpc) is 2.24. The predicted octanol–water partition coefficient (Wildman–Crippen LogP) is -0.862. The summed E-state index contributed by atoms with van der Waals surface area (Å²) in [6, 6.07) is 0. The van der Waals surface area contributed by atoms with Crippen molar-refractivity contribution < 1.29 is 0 Å². The van der Waals surface area contributed by atoms with Crippen LogP contribution >= 0.6 is 0 Å². The maximum absolute atomic E-state index is 3.61. The Morgan fingerprint density at radius 3 is 1.42 bits per heavy atom. The van der Waals surface area contributed by atoms with Gasteiger partial charge in [0.15, 0.2) is 0 Å². The Balaban J connectivity index is 0.000000120. The molecule has 0 saturated carbocycles. The number of aromatic nitrogens is 7. The number of hydrogen-bond donors (Lipinski definition) is 0. The molecule has 0 aliphatic heterocycles. The van der Waals surface area contributed by atoms with Gasteiger partial charge in [0.05, 0.1) is 18.6 Å². The fourth-order valence-electron chi connectivity index (χ4n) is 0.370. The van der Waals surface area contributed by atoms with Gasteiger partial charge in [0, 0.05) is 6.20 Å². The minimum atomic E-state index is 1.39. The van der Waals surface area contributed by atoms with Gasteiger partial charge in [0.25, 0.3) is 0 Å². The smallest absolute Gasteiger partial charge is 0.138 e. The van der Waals surface area contributed by atoms with E-state index in [0.29, 0.717) is 0 Å². The van der Waals surface area contributed by atoms with Crippen LogP contribution in [0.4, 0.5) is 0 Å². The summed E-state index contributed by atoms with van der Waals surface area (Å²) < 4.78 is 0. The zero-order chi connectivity index (χ0) is 8.49. The van der Waals surface area contributed by atoms with E-state index in [1.165, 1.54) is 24.9 Å². The van der Waals surface area contributed by atoms with Gasteiger partial charge in [0.1, 0.15) is 6.33 Å². The lowest BCUT2D eigenvalue weighted by Crippen LogP contribution is -1.84. The zero-order valence-corrected chi connectivity index (χ0v) is 6.02. The van der Waals surface area contributed by atoms with E-state index in [-0.39, 0.29) is 0 Å². The highest BCUT2D eigenvalue weighted by atomic mass is 15.4. The second-order valence-electron chi connectivity index (χ2n) is 1.50. The van der Waals surface area contributed by atoms with Crippen molar-refractivity contribution in [3.05, 3.63) is 31.1 Å². The SMILES string of the molecule is c1cnncn1.c1cnnnn1. The van der Waals surface area contributed by atoms with Crippen LogP contribution in [-0.2, 0) is 0 Å². The van der Waals surface area contributed by atoms with Crippen LogP contribution in [0.5, 0.6) is 0 Å². The Morgan fingerprint density at radius 2 is 1.25 bits per heavy atom. The van der Waals surface area contributed by atoms with E-state index in [0.717, 1.165) is 0 Å². The van der Waals surface area contributed by atoms with E-state index >= 15 is 0 Å². The fourth-order valence-corrected chi connectivity index (χ4v) is 0.370. The molecule has 7 heteroatoms. The van der Waals surface area contributed by atoms with Crippen LogP contribution in [-0.4, -0.2) is 35.8 Å². The molecule has 2 rings (SSSR count). The second kappa shape index (κ2) is 5.71. The number of nitrogens with zero attached hydrogens (tertiary/aromatic N) is 7. The van der Waals surface area contributed by atoms with Crippen molar-refractivity contribution in [3.8, 4) is 0 Å². The third-order valence-electron chi connectivity index (χ3n) is 0.748. The molecule has 12 heavy (non-hydrogen) atoms. The molecule has 0 bridgehead atoms. The number of hydrogen-bond acceptors (Lipinski definition) is 7. The van der Waals surface area contributed by atoms with Gasteiger partial charge in [-0.05, 0) is 10.4 Å². The van der Waals surface area contributed by atoms with Gasteiger partial charge < -0.3 is 0 Å². The van der Waals surface area contributed by atoms with E-state index in [1.807, 2.05) is 0 Å². The Bertz CT molecular complexity index is 187. The molecule has 7 nitrogen and oxygen atoms in total. The summed E-state index contributed by atoms with van der Waals surface area (Å²) in [6.45, 7) is 0. The summed E-state index contributed by atoms with van der Waals surface area (Å²) in [7, 11) is 0. The Morgan fingerprint density at radius 1 is 0.583 bits per heavy atom. The molecule has 60 valence electrons. The highest BCUT2D eigenvalue weighted by Gasteiger charge is 1.61. The van der Waals surface area contributed by atoms with Gasteiger partial charge in [-0.1, -0.05) is 0 Å². The zero-order valence-electron chi connectivity index (χ0n) is 6.02. The summed E-state index contributed by atoms with van der Waals surface area (Å²) in [5.74, 6) is 0. The van der Waals surface area contributed by atoms with Gasteiger partial charge >= 0.3 is 0 Å². The van der Waals surface area contributed by atoms with Crippen molar-refractivity contribution in [2.45, 2.75) is 0 Å².